The molecule has 1 aliphatic heterocycles. The minimum absolute atomic E-state index is 0.378. The Bertz CT molecular complexity index is 163. The Hall–Kier alpha value is -0.120. The molecule has 82 valence electrons. The van der Waals surface area contributed by atoms with Gasteiger partial charge in [-0.2, -0.15) is 0 Å². The molecule has 14 heavy (non-hydrogen) atoms. The molecule has 2 aliphatic rings. The van der Waals surface area contributed by atoms with Gasteiger partial charge in [-0.3, -0.25) is 11.3 Å². The van der Waals surface area contributed by atoms with Crippen molar-refractivity contribution in [2.75, 3.05) is 6.61 Å². The average molecular weight is 198 g/mol. The molecule has 0 aromatic heterocycles. The molecule has 1 saturated carbocycles. The van der Waals surface area contributed by atoms with Crippen molar-refractivity contribution in [1.82, 2.24) is 5.43 Å². The maximum absolute atomic E-state index is 5.72. The topological polar surface area (TPSA) is 47.3 Å². The van der Waals surface area contributed by atoms with E-state index in [0.717, 1.165) is 12.5 Å². The lowest BCUT2D eigenvalue weighted by atomic mass is 9.81. The number of hydrogen-bond donors (Lipinski definition) is 2. The molecule has 0 aromatic rings. The second-order valence-electron chi connectivity index (χ2n) is 4.64. The molecule has 3 nitrogen and oxygen atoms in total. The number of ether oxygens (including phenoxy) is 1. The van der Waals surface area contributed by atoms with E-state index in [1.165, 1.54) is 44.9 Å². The van der Waals surface area contributed by atoms with Crippen molar-refractivity contribution >= 4 is 0 Å². The van der Waals surface area contributed by atoms with Crippen LogP contribution in [0.2, 0.25) is 0 Å². The van der Waals surface area contributed by atoms with E-state index in [4.69, 9.17) is 10.6 Å². The largest absolute Gasteiger partial charge is 0.377 e. The van der Waals surface area contributed by atoms with Crippen LogP contribution in [0.1, 0.15) is 44.9 Å². The highest BCUT2D eigenvalue weighted by molar-refractivity contribution is 4.86. The van der Waals surface area contributed by atoms with Crippen LogP contribution in [0.5, 0.6) is 0 Å². The minimum atomic E-state index is 0.378. The molecule has 0 aromatic carbocycles. The molecule has 0 spiro atoms. The normalized spacial score (nSPS) is 31.9. The van der Waals surface area contributed by atoms with Gasteiger partial charge in [-0.1, -0.05) is 19.3 Å². The molecule has 3 N–H and O–H groups in total. The van der Waals surface area contributed by atoms with E-state index in [9.17, 15) is 0 Å². The fraction of sp³-hybridized carbons (Fsp3) is 1.00. The number of nitrogens with one attached hydrogen (secondary N) is 1. The van der Waals surface area contributed by atoms with Gasteiger partial charge < -0.3 is 4.74 Å². The van der Waals surface area contributed by atoms with Gasteiger partial charge >= 0.3 is 0 Å². The maximum Gasteiger partial charge on any atom is 0.0745 e. The third-order valence-corrected chi connectivity index (χ3v) is 3.72. The van der Waals surface area contributed by atoms with Crippen molar-refractivity contribution in [2.24, 2.45) is 11.8 Å². The standard InChI is InChI=1S/C11H22N2O/c12-13-11(10-7-4-8-14-10)9-5-2-1-3-6-9/h9-11,13H,1-8,12H2. The molecule has 0 amide bonds. The van der Waals surface area contributed by atoms with Crippen molar-refractivity contribution in [3.63, 3.8) is 0 Å². The fourth-order valence-corrected chi connectivity index (χ4v) is 2.93. The summed E-state index contributed by atoms with van der Waals surface area (Å²) in [4.78, 5) is 0. The molecule has 2 unspecified atom stereocenters. The molecule has 2 atom stereocenters. The number of hydrogen-bond acceptors (Lipinski definition) is 3. The second-order valence-corrected chi connectivity index (χ2v) is 4.64. The van der Waals surface area contributed by atoms with E-state index in [1.54, 1.807) is 0 Å². The molecule has 0 radical (unpaired) electrons. The fourth-order valence-electron chi connectivity index (χ4n) is 2.93. The molecule has 1 heterocycles. The highest BCUT2D eigenvalue weighted by Gasteiger charge is 2.32. The van der Waals surface area contributed by atoms with Crippen LogP contribution in [-0.4, -0.2) is 18.8 Å². The van der Waals surface area contributed by atoms with Crippen LogP contribution < -0.4 is 11.3 Å². The van der Waals surface area contributed by atoms with Gasteiger partial charge in [-0.25, -0.2) is 0 Å². The molecule has 2 fully saturated rings. The Morgan fingerprint density at radius 2 is 1.86 bits per heavy atom. The number of rotatable bonds is 3. The summed E-state index contributed by atoms with van der Waals surface area (Å²) in [6.45, 7) is 0.926. The van der Waals surface area contributed by atoms with E-state index in [0.29, 0.717) is 12.1 Å². The first-order chi connectivity index (χ1) is 6.92. The minimum Gasteiger partial charge on any atom is -0.377 e. The van der Waals surface area contributed by atoms with Crippen LogP contribution in [0.15, 0.2) is 0 Å². The van der Waals surface area contributed by atoms with Crippen LogP contribution in [0, 0.1) is 5.92 Å². The Morgan fingerprint density at radius 1 is 1.07 bits per heavy atom. The first kappa shape index (κ1) is 10.4. The van der Waals surface area contributed by atoms with Gasteiger partial charge in [0.25, 0.3) is 0 Å². The summed E-state index contributed by atoms with van der Waals surface area (Å²) in [7, 11) is 0. The quantitative estimate of drug-likeness (QED) is 0.534. The van der Waals surface area contributed by atoms with Crippen molar-refractivity contribution in [3.8, 4) is 0 Å². The Labute approximate surface area is 86.4 Å². The monoisotopic (exact) mass is 198 g/mol. The van der Waals surface area contributed by atoms with Gasteiger partial charge in [-0.05, 0) is 31.6 Å². The van der Waals surface area contributed by atoms with Gasteiger partial charge in [0.2, 0.25) is 0 Å². The lowest BCUT2D eigenvalue weighted by Gasteiger charge is -2.33. The van der Waals surface area contributed by atoms with Crippen molar-refractivity contribution in [2.45, 2.75) is 57.1 Å². The zero-order chi connectivity index (χ0) is 9.80. The summed E-state index contributed by atoms with van der Waals surface area (Å²) >= 11 is 0. The molecular weight excluding hydrogens is 176 g/mol. The van der Waals surface area contributed by atoms with E-state index in [-0.39, 0.29) is 0 Å². The third kappa shape index (κ3) is 2.27. The lowest BCUT2D eigenvalue weighted by Crippen LogP contribution is -2.49. The predicted octanol–water partition coefficient (Wildman–Crippen LogP) is 1.58. The Balaban J connectivity index is 1.89. The van der Waals surface area contributed by atoms with Crippen molar-refractivity contribution in [3.05, 3.63) is 0 Å². The first-order valence-electron chi connectivity index (χ1n) is 5.99. The lowest BCUT2D eigenvalue weighted by molar-refractivity contribution is 0.0496. The molecular formula is C11H22N2O. The van der Waals surface area contributed by atoms with Gasteiger partial charge in [0.1, 0.15) is 0 Å². The summed E-state index contributed by atoms with van der Waals surface area (Å²) < 4.78 is 5.72. The second kappa shape index (κ2) is 5.10. The van der Waals surface area contributed by atoms with E-state index < -0.39 is 0 Å². The summed E-state index contributed by atoms with van der Waals surface area (Å²) in [5.41, 5.74) is 2.99. The van der Waals surface area contributed by atoms with Crippen LogP contribution in [0.3, 0.4) is 0 Å². The van der Waals surface area contributed by atoms with Crippen molar-refractivity contribution in [1.29, 1.82) is 0 Å². The SMILES string of the molecule is NNC(C1CCCCC1)C1CCCO1. The Morgan fingerprint density at radius 3 is 2.43 bits per heavy atom. The molecule has 2 rings (SSSR count). The zero-order valence-electron chi connectivity index (χ0n) is 8.87. The molecule has 3 heteroatoms. The maximum atomic E-state index is 5.72. The van der Waals surface area contributed by atoms with E-state index in [1.807, 2.05) is 0 Å². The van der Waals surface area contributed by atoms with Crippen LogP contribution >= 0.6 is 0 Å². The van der Waals surface area contributed by atoms with E-state index in [2.05, 4.69) is 5.43 Å². The summed E-state index contributed by atoms with van der Waals surface area (Å²) in [5.74, 6) is 6.40. The summed E-state index contributed by atoms with van der Waals surface area (Å²) in [5, 5.41) is 0. The van der Waals surface area contributed by atoms with Crippen molar-refractivity contribution < 1.29 is 4.74 Å². The third-order valence-electron chi connectivity index (χ3n) is 3.72. The van der Waals surface area contributed by atoms with Gasteiger partial charge in [-0.15, -0.1) is 0 Å². The predicted molar refractivity (Wildman–Crippen MR) is 56.7 cm³/mol. The van der Waals surface area contributed by atoms with Gasteiger partial charge in [0.05, 0.1) is 12.1 Å². The van der Waals surface area contributed by atoms with Gasteiger partial charge in [0, 0.05) is 6.61 Å². The van der Waals surface area contributed by atoms with Crippen LogP contribution in [0.4, 0.5) is 0 Å². The highest BCUT2D eigenvalue weighted by Crippen LogP contribution is 2.30. The summed E-state index contributed by atoms with van der Waals surface area (Å²) in [6, 6.07) is 0.401. The zero-order valence-corrected chi connectivity index (χ0v) is 8.87. The average Bonchev–Trinajstić information content (AvgIpc) is 2.74. The molecule has 1 saturated heterocycles. The van der Waals surface area contributed by atoms with Gasteiger partial charge in [0.15, 0.2) is 0 Å². The smallest absolute Gasteiger partial charge is 0.0745 e. The molecule has 1 aliphatic carbocycles. The number of hydrazine groups is 1. The summed E-state index contributed by atoms with van der Waals surface area (Å²) in [6.07, 6.45) is 9.57. The van der Waals surface area contributed by atoms with Crippen LogP contribution in [0.25, 0.3) is 0 Å². The van der Waals surface area contributed by atoms with Crippen LogP contribution in [-0.2, 0) is 4.74 Å². The van der Waals surface area contributed by atoms with E-state index >= 15 is 0 Å². The molecule has 0 bridgehead atoms. The number of nitrogens with two attached hydrogens (primary N) is 1. The Kier molecular flexibility index (Phi) is 3.79. The first-order valence-corrected chi connectivity index (χ1v) is 5.99. The highest BCUT2D eigenvalue weighted by atomic mass is 16.5.